The monoisotopic (exact) mass is 463 g/mol. The molecule has 1 aromatic carbocycles. The van der Waals surface area contributed by atoms with Crippen molar-refractivity contribution in [3.8, 4) is 0 Å². The third-order valence-corrected chi connectivity index (χ3v) is 5.42. The summed E-state index contributed by atoms with van der Waals surface area (Å²) in [4.78, 5) is 41.7. The van der Waals surface area contributed by atoms with Crippen molar-refractivity contribution in [2.24, 2.45) is 11.5 Å². The van der Waals surface area contributed by atoms with Gasteiger partial charge in [0.1, 0.15) is 0 Å². The van der Waals surface area contributed by atoms with Crippen LogP contribution in [0, 0.1) is 0 Å². The van der Waals surface area contributed by atoms with Crippen molar-refractivity contribution in [1.82, 2.24) is 15.2 Å². The molecule has 1 aromatic heterocycles. The lowest BCUT2D eigenvalue weighted by Gasteiger charge is -2.30. The van der Waals surface area contributed by atoms with Gasteiger partial charge in [-0.3, -0.25) is 14.6 Å². The Labute approximate surface area is 187 Å². The van der Waals surface area contributed by atoms with Gasteiger partial charge in [0.15, 0.2) is 6.17 Å². The van der Waals surface area contributed by atoms with E-state index in [9.17, 15) is 14.4 Å². The van der Waals surface area contributed by atoms with Gasteiger partial charge >= 0.3 is 5.97 Å². The summed E-state index contributed by atoms with van der Waals surface area (Å²) >= 11 is 12.6. The molecule has 0 saturated heterocycles. The number of carbonyl (C=O) groups excluding carboxylic acids is 2. The number of amides is 2. The Hall–Kier alpha value is -3.14. The standard InChI is InChI=1S/C20H19Cl2N5O4/c21-13-7-10-9-27(19(29)14(23)8-11-3-1-2-5-25-11)6-4-12(10)16(22)15(13)18(28)26-17(24)20(30)31/h1-3,5,7-8,17H,4,6,9,23-24H2,(H,26,28)(H,30,31)/t17-/m1/s1. The molecule has 0 spiro atoms. The van der Waals surface area contributed by atoms with Crippen LogP contribution in [0.25, 0.3) is 6.08 Å². The van der Waals surface area contributed by atoms with Gasteiger partial charge in [-0.2, -0.15) is 0 Å². The van der Waals surface area contributed by atoms with Crippen molar-refractivity contribution in [2.75, 3.05) is 6.54 Å². The number of nitrogens with one attached hydrogen (secondary N) is 1. The number of hydrogen-bond acceptors (Lipinski definition) is 6. The Morgan fingerprint density at radius 1 is 1.29 bits per heavy atom. The summed E-state index contributed by atoms with van der Waals surface area (Å²) in [6.45, 7) is 0.514. The second-order valence-electron chi connectivity index (χ2n) is 6.81. The van der Waals surface area contributed by atoms with E-state index in [0.717, 1.165) is 0 Å². The summed E-state index contributed by atoms with van der Waals surface area (Å²) < 4.78 is 0. The van der Waals surface area contributed by atoms with Crippen LogP contribution in [0.5, 0.6) is 0 Å². The number of nitrogens with zero attached hydrogens (tertiary/aromatic N) is 2. The number of carboxylic acid groups (broad SMARTS) is 1. The van der Waals surface area contributed by atoms with Gasteiger partial charge in [0.05, 0.1) is 27.0 Å². The third kappa shape index (κ3) is 4.96. The van der Waals surface area contributed by atoms with Gasteiger partial charge in [-0.05, 0) is 41.8 Å². The molecule has 2 heterocycles. The van der Waals surface area contributed by atoms with Crippen LogP contribution in [0.15, 0.2) is 36.2 Å². The van der Waals surface area contributed by atoms with Crippen LogP contribution in [-0.4, -0.2) is 45.5 Å². The molecule has 1 aliphatic heterocycles. The first-order chi connectivity index (χ1) is 14.7. The lowest BCUT2D eigenvalue weighted by Crippen LogP contribution is -2.47. The van der Waals surface area contributed by atoms with Gasteiger partial charge in [0.2, 0.25) is 0 Å². The van der Waals surface area contributed by atoms with Crippen molar-refractivity contribution < 1.29 is 19.5 Å². The van der Waals surface area contributed by atoms with E-state index in [1.165, 1.54) is 12.1 Å². The molecule has 1 atom stereocenters. The van der Waals surface area contributed by atoms with E-state index in [1.54, 1.807) is 29.3 Å². The van der Waals surface area contributed by atoms with E-state index < -0.39 is 18.0 Å². The summed E-state index contributed by atoms with van der Waals surface area (Å²) in [5.41, 5.74) is 13.2. The Kier molecular flexibility index (Phi) is 6.79. The highest BCUT2D eigenvalue weighted by Gasteiger charge is 2.28. The molecule has 31 heavy (non-hydrogen) atoms. The minimum absolute atomic E-state index is 0.0186. The zero-order valence-electron chi connectivity index (χ0n) is 16.1. The van der Waals surface area contributed by atoms with Crippen molar-refractivity contribution in [3.63, 3.8) is 0 Å². The molecule has 0 radical (unpaired) electrons. The van der Waals surface area contributed by atoms with E-state index >= 15 is 0 Å². The minimum atomic E-state index is -1.60. The molecule has 6 N–H and O–H groups in total. The maximum Gasteiger partial charge on any atom is 0.341 e. The number of rotatable bonds is 5. The van der Waals surface area contributed by atoms with Gasteiger partial charge in [-0.15, -0.1) is 0 Å². The van der Waals surface area contributed by atoms with Crippen LogP contribution >= 0.6 is 23.2 Å². The Bertz CT molecular complexity index is 1070. The highest BCUT2D eigenvalue weighted by molar-refractivity contribution is 6.40. The minimum Gasteiger partial charge on any atom is -0.479 e. The second-order valence-corrected chi connectivity index (χ2v) is 7.59. The van der Waals surface area contributed by atoms with Gasteiger partial charge in [-0.25, -0.2) is 4.79 Å². The first-order valence-corrected chi connectivity index (χ1v) is 9.91. The van der Waals surface area contributed by atoms with Crippen molar-refractivity contribution >= 4 is 47.1 Å². The predicted octanol–water partition coefficient (Wildman–Crippen LogP) is 1.37. The van der Waals surface area contributed by atoms with Crippen LogP contribution in [0.3, 0.4) is 0 Å². The number of carbonyl (C=O) groups is 3. The second kappa shape index (κ2) is 9.34. The van der Waals surface area contributed by atoms with E-state index in [0.29, 0.717) is 29.8 Å². The van der Waals surface area contributed by atoms with Crippen LogP contribution in [0.1, 0.15) is 27.2 Å². The van der Waals surface area contributed by atoms with Gasteiger partial charge in [-0.1, -0.05) is 29.3 Å². The molecule has 11 heteroatoms. The number of aliphatic carboxylic acids is 1. The number of nitrogens with two attached hydrogens (primary N) is 2. The summed E-state index contributed by atoms with van der Waals surface area (Å²) in [5.74, 6) is -2.56. The van der Waals surface area contributed by atoms with Crippen LogP contribution in [0.4, 0.5) is 0 Å². The highest BCUT2D eigenvalue weighted by atomic mass is 35.5. The largest absolute Gasteiger partial charge is 0.479 e. The normalized spacial score (nSPS) is 14.5. The third-order valence-electron chi connectivity index (χ3n) is 4.71. The fourth-order valence-corrected chi connectivity index (χ4v) is 3.94. The number of pyridine rings is 1. The number of benzene rings is 1. The highest BCUT2D eigenvalue weighted by Crippen LogP contribution is 2.34. The quantitative estimate of drug-likeness (QED) is 0.385. The maximum absolute atomic E-state index is 12.7. The van der Waals surface area contributed by atoms with E-state index in [4.69, 9.17) is 39.8 Å². The zero-order valence-corrected chi connectivity index (χ0v) is 17.7. The van der Waals surface area contributed by atoms with Crippen LogP contribution in [-0.2, 0) is 22.6 Å². The van der Waals surface area contributed by atoms with E-state index in [1.807, 2.05) is 0 Å². The molecule has 0 unspecified atom stereocenters. The number of carboxylic acids is 1. The van der Waals surface area contributed by atoms with Crippen LogP contribution in [0.2, 0.25) is 10.0 Å². The van der Waals surface area contributed by atoms with Gasteiger partial charge in [0.25, 0.3) is 11.8 Å². The molecule has 162 valence electrons. The van der Waals surface area contributed by atoms with Crippen LogP contribution < -0.4 is 16.8 Å². The van der Waals surface area contributed by atoms with Crippen molar-refractivity contribution in [2.45, 2.75) is 19.1 Å². The van der Waals surface area contributed by atoms with Gasteiger partial charge in [0, 0.05) is 19.3 Å². The summed E-state index contributed by atoms with van der Waals surface area (Å²) in [5, 5.41) is 11.1. The molecule has 0 fully saturated rings. The van der Waals surface area contributed by atoms with Crippen molar-refractivity contribution in [3.05, 3.63) is 68.6 Å². The fraction of sp³-hybridized carbons (Fsp3) is 0.200. The first kappa shape index (κ1) is 22.5. The van der Waals surface area contributed by atoms with E-state index in [2.05, 4.69) is 10.3 Å². The predicted molar refractivity (Wildman–Crippen MR) is 115 cm³/mol. The van der Waals surface area contributed by atoms with Gasteiger partial charge < -0.3 is 26.8 Å². The molecule has 0 bridgehead atoms. The molecule has 3 rings (SSSR count). The average molecular weight is 464 g/mol. The average Bonchev–Trinajstić information content (AvgIpc) is 2.73. The topological polar surface area (TPSA) is 152 Å². The number of aromatic nitrogens is 1. The first-order valence-electron chi connectivity index (χ1n) is 9.15. The SMILES string of the molecule is NC(=Cc1ccccn1)C(=O)N1CCc2c(cc(Cl)c(C(=O)N[C@@H](N)C(=O)O)c2Cl)C1. The maximum atomic E-state index is 12.7. The molecule has 0 aliphatic carbocycles. The molecule has 1 aliphatic rings. The summed E-state index contributed by atoms with van der Waals surface area (Å²) in [6, 6.07) is 6.80. The molecule has 9 nitrogen and oxygen atoms in total. The molecular formula is C20H19Cl2N5O4. The number of halogens is 2. The Morgan fingerprint density at radius 2 is 2.03 bits per heavy atom. The molecule has 0 saturated carbocycles. The van der Waals surface area contributed by atoms with E-state index in [-0.39, 0.29) is 33.8 Å². The lowest BCUT2D eigenvalue weighted by atomic mass is 9.96. The number of hydrogen-bond donors (Lipinski definition) is 4. The summed E-state index contributed by atoms with van der Waals surface area (Å²) in [7, 11) is 0. The number of fused-ring (bicyclic) bond motifs is 1. The summed E-state index contributed by atoms with van der Waals surface area (Å²) in [6.07, 6.45) is 1.86. The Morgan fingerprint density at radius 3 is 2.68 bits per heavy atom. The molecule has 2 aromatic rings. The zero-order chi connectivity index (χ0) is 22.7. The smallest absolute Gasteiger partial charge is 0.341 e. The lowest BCUT2D eigenvalue weighted by molar-refractivity contribution is -0.139. The fourth-order valence-electron chi connectivity index (χ4n) is 3.17. The molecule has 2 amide bonds. The van der Waals surface area contributed by atoms with Crippen molar-refractivity contribution in [1.29, 1.82) is 0 Å². The Balaban J connectivity index is 1.82. The molecular weight excluding hydrogens is 445 g/mol.